The quantitative estimate of drug-likeness (QED) is 0.570. The van der Waals surface area contributed by atoms with E-state index >= 15 is 0 Å². The van der Waals surface area contributed by atoms with Crippen LogP contribution in [0.2, 0.25) is 0 Å². The molecule has 2 aromatic carbocycles. The minimum Gasteiger partial charge on any atom is -0.366 e. The summed E-state index contributed by atoms with van der Waals surface area (Å²) in [5, 5.41) is 0. The van der Waals surface area contributed by atoms with Crippen LogP contribution >= 0.6 is 0 Å². The van der Waals surface area contributed by atoms with Crippen molar-refractivity contribution >= 4 is 12.0 Å². The molecule has 2 aromatic rings. The van der Waals surface area contributed by atoms with E-state index in [-0.39, 0.29) is 0 Å². The summed E-state index contributed by atoms with van der Waals surface area (Å²) in [6, 6.07) is 11.1. The summed E-state index contributed by atoms with van der Waals surface area (Å²) in [7, 11) is 2.00. The van der Waals surface area contributed by atoms with E-state index in [0.29, 0.717) is 6.04 Å². The minimum absolute atomic E-state index is 0.611. The van der Waals surface area contributed by atoms with E-state index in [0.717, 1.165) is 35.3 Å². The van der Waals surface area contributed by atoms with Gasteiger partial charge < -0.3 is 4.90 Å². The second kappa shape index (κ2) is 7.26. The molecule has 0 spiro atoms. The van der Waals surface area contributed by atoms with Gasteiger partial charge in [-0.3, -0.25) is 0 Å². The third-order valence-electron chi connectivity index (χ3n) is 4.07. The van der Waals surface area contributed by atoms with Crippen LogP contribution in [0.5, 0.6) is 0 Å². The highest BCUT2D eigenvalue weighted by Crippen LogP contribution is 2.25. The van der Waals surface area contributed by atoms with Crippen LogP contribution in [0.4, 0.5) is 5.69 Å². The zero-order chi connectivity index (χ0) is 17.0. The Morgan fingerprint density at radius 1 is 1.09 bits per heavy atom. The van der Waals surface area contributed by atoms with Gasteiger partial charge in [-0.2, -0.15) is 0 Å². The van der Waals surface area contributed by atoms with Crippen LogP contribution < -0.4 is 0 Å². The molecule has 0 bridgehead atoms. The lowest BCUT2D eigenvalue weighted by atomic mass is 9.95. The molecule has 0 fully saturated rings. The van der Waals surface area contributed by atoms with Gasteiger partial charge in [-0.15, -0.1) is 0 Å². The summed E-state index contributed by atoms with van der Waals surface area (Å²) >= 11 is 0. The zero-order valence-electron chi connectivity index (χ0n) is 15.3. The summed E-state index contributed by atoms with van der Waals surface area (Å²) in [5.41, 5.74) is 6.62. The predicted octanol–water partition coefficient (Wildman–Crippen LogP) is 4.81. The number of rotatable bonds is 5. The van der Waals surface area contributed by atoms with E-state index in [1.807, 2.05) is 25.2 Å². The minimum atomic E-state index is 0.611. The molecule has 2 heteroatoms. The fraction of sp³-hybridized carbons (Fsp3) is 0.350. The van der Waals surface area contributed by atoms with Gasteiger partial charge in [0.2, 0.25) is 0 Å². The smallest absolute Gasteiger partial charge is 0.0909 e. The number of hydrogen-bond acceptors (Lipinski definition) is 1. The summed E-state index contributed by atoms with van der Waals surface area (Å²) in [6.07, 6.45) is 2.64. The highest BCUT2D eigenvalue weighted by Gasteiger charge is 2.06. The molecule has 0 N–H and O–H groups in total. The Morgan fingerprint density at radius 3 is 2.50 bits per heavy atom. The average Bonchev–Trinajstić information content (AvgIpc) is 2.54. The number of aryl methyl sites for hydroxylation is 2. The summed E-state index contributed by atoms with van der Waals surface area (Å²) in [6.45, 7) is 9.20. The van der Waals surface area contributed by atoms with Gasteiger partial charge in [-0.05, 0) is 68.0 Å². The fourth-order valence-electron chi connectivity index (χ4n) is 2.35. The highest BCUT2D eigenvalue weighted by molar-refractivity contribution is 5.64. The summed E-state index contributed by atoms with van der Waals surface area (Å²) in [4.78, 5) is 6.57. The fourth-order valence-corrected chi connectivity index (χ4v) is 2.35. The maximum absolute atomic E-state index is 8.54. The maximum Gasteiger partial charge on any atom is 0.0909 e. The van der Waals surface area contributed by atoms with Crippen molar-refractivity contribution in [1.29, 1.82) is 0 Å². The van der Waals surface area contributed by atoms with Gasteiger partial charge in [0.05, 0.1) is 13.4 Å². The Morgan fingerprint density at radius 2 is 1.82 bits per heavy atom. The van der Waals surface area contributed by atoms with E-state index < -0.39 is 0 Å². The average molecular weight is 295 g/mol. The third-order valence-corrected chi connectivity index (χ3v) is 4.07. The molecule has 0 aliphatic rings. The van der Waals surface area contributed by atoms with E-state index in [1.165, 1.54) is 11.1 Å². The standard InChI is InChI=1S/C20H26N2/c1-6-22(5)14-21-20-12-16(3)19(11-17(20)4)13-18-10-8-7-9-15(18)2/h7-12,14H,6,13H2,1-5H3/i11D. The van der Waals surface area contributed by atoms with Crippen LogP contribution in [0.1, 0.15) is 36.1 Å². The van der Waals surface area contributed by atoms with E-state index in [2.05, 4.69) is 56.1 Å². The van der Waals surface area contributed by atoms with Crippen molar-refractivity contribution in [2.24, 2.45) is 4.99 Å². The molecule has 0 saturated carbocycles. The van der Waals surface area contributed by atoms with E-state index in [1.54, 1.807) is 0 Å². The topological polar surface area (TPSA) is 15.6 Å². The van der Waals surface area contributed by atoms with Crippen molar-refractivity contribution in [2.75, 3.05) is 13.6 Å². The molecule has 0 atom stereocenters. The van der Waals surface area contributed by atoms with E-state index in [4.69, 9.17) is 1.37 Å². The van der Waals surface area contributed by atoms with Gasteiger partial charge in [0, 0.05) is 13.6 Å². The van der Waals surface area contributed by atoms with Crippen LogP contribution in [0.3, 0.4) is 0 Å². The number of benzene rings is 2. The normalized spacial score (nSPS) is 11.8. The van der Waals surface area contributed by atoms with Gasteiger partial charge in [0.25, 0.3) is 0 Å². The number of nitrogens with zero attached hydrogens (tertiary/aromatic N) is 2. The first-order valence-electron chi connectivity index (χ1n) is 8.32. The van der Waals surface area contributed by atoms with Crippen molar-refractivity contribution in [2.45, 2.75) is 34.1 Å². The van der Waals surface area contributed by atoms with Crippen LogP contribution in [-0.4, -0.2) is 24.8 Å². The van der Waals surface area contributed by atoms with Gasteiger partial charge in [0.1, 0.15) is 0 Å². The molecule has 0 aliphatic carbocycles. The lowest BCUT2D eigenvalue weighted by Crippen LogP contribution is -2.14. The monoisotopic (exact) mass is 295 g/mol. The largest absolute Gasteiger partial charge is 0.366 e. The van der Waals surface area contributed by atoms with Crippen molar-refractivity contribution in [3.05, 3.63) is 64.2 Å². The van der Waals surface area contributed by atoms with Crippen molar-refractivity contribution in [3.63, 3.8) is 0 Å². The predicted molar refractivity (Wildman–Crippen MR) is 96.4 cm³/mol. The second-order valence-corrected chi connectivity index (χ2v) is 5.86. The molecule has 22 heavy (non-hydrogen) atoms. The van der Waals surface area contributed by atoms with Crippen LogP contribution in [0.25, 0.3) is 0 Å². The molecule has 116 valence electrons. The SMILES string of the molecule is [2H]c1c(C)c(N=CN(C)CC)cc(C)c1Cc1ccccc1C. The Hall–Kier alpha value is -2.09. The molecule has 0 radical (unpaired) electrons. The molecule has 0 saturated heterocycles. The van der Waals surface area contributed by atoms with E-state index in [9.17, 15) is 0 Å². The van der Waals surface area contributed by atoms with Crippen LogP contribution in [-0.2, 0) is 6.42 Å². The first kappa shape index (κ1) is 14.8. The Kier molecular flexibility index (Phi) is 4.89. The molecule has 2 rings (SSSR count). The van der Waals surface area contributed by atoms with Gasteiger partial charge in [-0.25, -0.2) is 4.99 Å². The van der Waals surface area contributed by atoms with Crippen molar-refractivity contribution in [3.8, 4) is 0 Å². The first-order chi connectivity index (χ1) is 10.9. The molecule has 2 nitrogen and oxygen atoms in total. The lowest BCUT2D eigenvalue weighted by Gasteiger charge is -2.13. The molecule has 0 aliphatic heterocycles. The maximum atomic E-state index is 8.54. The molecule has 0 heterocycles. The molecule has 0 amide bonds. The second-order valence-electron chi connectivity index (χ2n) is 5.86. The Labute approximate surface area is 135 Å². The van der Waals surface area contributed by atoms with Gasteiger partial charge in [-0.1, -0.05) is 30.3 Å². The Bertz CT molecular complexity index is 720. The lowest BCUT2D eigenvalue weighted by molar-refractivity contribution is 0.552. The third kappa shape index (κ3) is 3.97. The van der Waals surface area contributed by atoms with Crippen LogP contribution in [0.15, 0.2) is 41.4 Å². The van der Waals surface area contributed by atoms with Crippen molar-refractivity contribution < 1.29 is 1.37 Å². The number of aliphatic imine (C=N–C) groups is 1. The summed E-state index contributed by atoms with van der Waals surface area (Å²) < 4.78 is 8.54. The summed E-state index contributed by atoms with van der Waals surface area (Å²) in [5.74, 6) is 0. The first-order valence-corrected chi connectivity index (χ1v) is 7.82. The molecular formula is C20H26N2. The molecule has 0 unspecified atom stereocenters. The molecular weight excluding hydrogens is 268 g/mol. The highest BCUT2D eigenvalue weighted by atomic mass is 15.1. The van der Waals surface area contributed by atoms with Crippen molar-refractivity contribution in [1.82, 2.24) is 4.90 Å². The number of hydrogen-bond donors (Lipinski definition) is 0. The van der Waals surface area contributed by atoms with Gasteiger partial charge in [0.15, 0.2) is 0 Å². The Balaban J connectivity index is 2.38. The molecule has 0 aromatic heterocycles. The zero-order valence-corrected chi connectivity index (χ0v) is 14.3. The van der Waals surface area contributed by atoms with Gasteiger partial charge >= 0.3 is 0 Å². The van der Waals surface area contributed by atoms with Crippen LogP contribution in [0, 0.1) is 20.8 Å².